The van der Waals surface area contributed by atoms with Crippen LogP contribution >= 0.6 is 0 Å². The van der Waals surface area contributed by atoms with E-state index in [9.17, 15) is 0 Å². The summed E-state index contributed by atoms with van der Waals surface area (Å²) >= 11 is 0. The predicted octanol–water partition coefficient (Wildman–Crippen LogP) is -1.98. The number of benzene rings is 1. The van der Waals surface area contributed by atoms with Crippen LogP contribution in [0.3, 0.4) is 0 Å². The van der Waals surface area contributed by atoms with Gasteiger partial charge in [0, 0.05) is 5.56 Å². The lowest BCUT2D eigenvalue weighted by molar-refractivity contribution is -0.420. The van der Waals surface area contributed by atoms with Gasteiger partial charge in [-0.15, -0.1) is 0 Å². The first kappa shape index (κ1) is 14.9. The van der Waals surface area contributed by atoms with Crippen LogP contribution in [0.1, 0.15) is 18.5 Å². The highest BCUT2D eigenvalue weighted by molar-refractivity contribution is 5.54. The molecule has 0 radical (unpaired) electrons. The highest BCUT2D eigenvalue weighted by Crippen LogP contribution is 2.38. The molecule has 0 heterocycles. The molecule has 1 unspecified atom stereocenters. The molecule has 5 heteroatoms. The highest BCUT2D eigenvalue weighted by atomic mass is 35.5. The van der Waals surface area contributed by atoms with E-state index in [0.29, 0.717) is 17.2 Å². The molecule has 1 aromatic carbocycles. The molecular weight excluding hydrogens is 230 g/mol. The maximum absolute atomic E-state index is 5.24. The molecule has 0 aliphatic rings. The standard InChI is InChI=1S/C11H17NO3.ClH/c1-7(12)8-5-9(13-2)11(15-4)10(6-8)14-3;/h5-7H,12H2,1-4H3;1H. The molecule has 0 spiro atoms. The average molecular weight is 248 g/mol. The second kappa shape index (κ2) is 6.45. The van der Waals surface area contributed by atoms with Crippen molar-refractivity contribution in [1.82, 2.24) is 0 Å². The van der Waals surface area contributed by atoms with Crippen molar-refractivity contribution in [2.45, 2.75) is 13.0 Å². The molecule has 92 valence electrons. The summed E-state index contributed by atoms with van der Waals surface area (Å²) in [6.07, 6.45) is 0. The summed E-state index contributed by atoms with van der Waals surface area (Å²) in [6, 6.07) is 4.01. The highest BCUT2D eigenvalue weighted by Gasteiger charge is 2.15. The quantitative estimate of drug-likeness (QED) is 0.671. The fourth-order valence-corrected chi connectivity index (χ4v) is 1.39. The van der Waals surface area contributed by atoms with Gasteiger partial charge >= 0.3 is 0 Å². The summed E-state index contributed by atoms with van der Waals surface area (Å²) in [4.78, 5) is 0. The number of quaternary nitrogens is 1. The Balaban J connectivity index is 0.00000225. The zero-order valence-electron chi connectivity index (χ0n) is 10.0. The Kier molecular flexibility index (Phi) is 6.00. The number of ether oxygens (including phenoxy) is 3. The molecule has 4 nitrogen and oxygen atoms in total. The maximum Gasteiger partial charge on any atom is 0.203 e. The molecule has 0 bridgehead atoms. The van der Waals surface area contributed by atoms with E-state index in [4.69, 9.17) is 14.2 Å². The fraction of sp³-hybridized carbons (Fsp3) is 0.455. The van der Waals surface area contributed by atoms with Crippen molar-refractivity contribution in [3.8, 4) is 17.2 Å². The molecule has 3 N–H and O–H groups in total. The number of rotatable bonds is 4. The van der Waals surface area contributed by atoms with Gasteiger partial charge in [0.25, 0.3) is 0 Å². The molecular formula is C11H18ClNO3. The molecule has 0 amide bonds. The van der Waals surface area contributed by atoms with Crippen molar-refractivity contribution in [1.29, 1.82) is 0 Å². The third kappa shape index (κ3) is 2.93. The largest absolute Gasteiger partial charge is 1.00 e. The van der Waals surface area contributed by atoms with Gasteiger partial charge in [-0.05, 0) is 19.1 Å². The van der Waals surface area contributed by atoms with Gasteiger partial charge in [0.2, 0.25) is 5.75 Å². The molecule has 0 aromatic heterocycles. The first-order chi connectivity index (χ1) is 7.13. The van der Waals surface area contributed by atoms with Gasteiger partial charge in [-0.2, -0.15) is 0 Å². The van der Waals surface area contributed by atoms with Crippen LogP contribution < -0.4 is 32.4 Å². The minimum atomic E-state index is 0. The zero-order valence-corrected chi connectivity index (χ0v) is 10.8. The number of hydrogen-bond acceptors (Lipinski definition) is 3. The first-order valence-electron chi connectivity index (χ1n) is 4.77. The van der Waals surface area contributed by atoms with E-state index in [1.165, 1.54) is 0 Å². The Hall–Kier alpha value is -1.13. The van der Waals surface area contributed by atoms with Crippen molar-refractivity contribution in [3.05, 3.63) is 17.7 Å². The van der Waals surface area contributed by atoms with Gasteiger partial charge in [0.05, 0.1) is 21.3 Å². The van der Waals surface area contributed by atoms with Gasteiger partial charge in [-0.25, -0.2) is 0 Å². The third-order valence-corrected chi connectivity index (χ3v) is 2.26. The first-order valence-corrected chi connectivity index (χ1v) is 4.77. The van der Waals surface area contributed by atoms with Crippen molar-refractivity contribution in [2.24, 2.45) is 0 Å². The second-order valence-corrected chi connectivity index (χ2v) is 3.36. The number of methoxy groups -OCH3 is 3. The van der Waals surface area contributed by atoms with Crippen LogP contribution in [0.2, 0.25) is 0 Å². The second-order valence-electron chi connectivity index (χ2n) is 3.36. The van der Waals surface area contributed by atoms with Crippen LogP contribution in [-0.2, 0) is 0 Å². The van der Waals surface area contributed by atoms with Crippen LogP contribution in [-0.4, -0.2) is 21.3 Å². The van der Waals surface area contributed by atoms with Gasteiger partial charge in [-0.3, -0.25) is 0 Å². The van der Waals surface area contributed by atoms with Crippen LogP contribution in [0.5, 0.6) is 17.2 Å². The van der Waals surface area contributed by atoms with Crippen molar-refractivity contribution < 1.29 is 32.4 Å². The number of halogens is 1. The van der Waals surface area contributed by atoms with E-state index in [0.717, 1.165) is 5.56 Å². The molecule has 1 atom stereocenters. The molecule has 0 saturated heterocycles. The van der Waals surface area contributed by atoms with E-state index in [-0.39, 0.29) is 18.4 Å². The van der Waals surface area contributed by atoms with Crippen LogP contribution in [0, 0.1) is 0 Å². The lowest BCUT2D eigenvalue weighted by Gasteiger charge is -2.14. The SMILES string of the molecule is COc1cc(C(C)[NH3+])cc(OC)c1OC.[Cl-]. The minimum absolute atomic E-state index is 0. The zero-order chi connectivity index (χ0) is 11.4. The minimum Gasteiger partial charge on any atom is -1.00 e. The molecule has 0 saturated carbocycles. The summed E-state index contributed by atoms with van der Waals surface area (Å²) in [7, 11) is 4.80. The Morgan fingerprint density at radius 2 is 1.44 bits per heavy atom. The van der Waals surface area contributed by atoms with Crippen molar-refractivity contribution in [2.75, 3.05) is 21.3 Å². The van der Waals surface area contributed by atoms with Gasteiger partial charge in [-0.1, -0.05) is 0 Å². The van der Waals surface area contributed by atoms with Crippen LogP contribution in [0.25, 0.3) is 0 Å². The maximum atomic E-state index is 5.24. The molecule has 16 heavy (non-hydrogen) atoms. The summed E-state index contributed by atoms with van der Waals surface area (Å²) in [5, 5.41) is 0. The van der Waals surface area contributed by atoms with Crippen LogP contribution in [0.4, 0.5) is 0 Å². The fourth-order valence-electron chi connectivity index (χ4n) is 1.39. The Morgan fingerprint density at radius 1 is 1.00 bits per heavy atom. The van der Waals surface area contributed by atoms with E-state index in [1.54, 1.807) is 21.3 Å². The van der Waals surface area contributed by atoms with E-state index >= 15 is 0 Å². The van der Waals surface area contributed by atoms with Crippen LogP contribution in [0.15, 0.2) is 12.1 Å². The smallest absolute Gasteiger partial charge is 0.203 e. The van der Waals surface area contributed by atoms with Crippen molar-refractivity contribution in [3.63, 3.8) is 0 Å². The Morgan fingerprint density at radius 3 is 1.69 bits per heavy atom. The molecule has 0 aliphatic heterocycles. The topological polar surface area (TPSA) is 55.3 Å². The van der Waals surface area contributed by atoms with E-state index in [1.807, 2.05) is 19.1 Å². The summed E-state index contributed by atoms with van der Waals surface area (Å²) < 4.78 is 15.7. The van der Waals surface area contributed by atoms with Gasteiger partial charge < -0.3 is 32.4 Å². The van der Waals surface area contributed by atoms with Gasteiger partial charge in [0.15, 0.2) is 11.5 Å². The average Bonchev–Trinajstić information content (AvgIpc) is 2.26. The molecule has 0 fully saturated rings. The summed E-state index contributed by atoms with van der Waals surface area (Å²) in [6.45, 7) is 2.01. The lowest BCUT2D eigenvalue weighted by atomic mass is 10.1. The number of hydrogen-bond donors (Lipinski definition) is 1. The predicted molar refractivity (Wildman–Crippen MR) is 57.4 cm³/mol. The monoisotopic (exact) mass is 247 g/mol. The summed E-state index contributed by atoms with van der Waals surface area (Å²) in [5.41, 5.74) is 5.02. The van der Waals surface area contributed by atoms with Crippen molar-refractivity contribution >= 4 is 0 Å². The van der Waals surface area contributed by atoms with Gasteiger partial charge in [0.1, 0.15) is 6.04 Å². The normalized spacial score (nSPS) is 11.3. The molecule has 1 rings (SSSR count). The molecule has 1 aromatic rings. The Labute approximate surface area is 102 Å². The lowest BCUT2D eigenvalue weighted by Crippen LogP contribution is -3.00. The summed E-state index contributed by atoms with van der Waals surface area (Å²) in [5.74, 6) is 1.95. The molecule has 0 aliphatic carbocycles. The Bertz CT molecular complexity index is 317. The third-order valence-electron chi connectivity index (χ3n) is 2.26. The van der Waals surface area contributed by atoms with E-state index < -0.39 is 0 Å². The van der Waals surface area contributed by atoms with E-state index in [2.05, 4.69) is 5.73 Å².